The maximum atomic E-state index is 5.60. The van der Waals surface area contributed by atoms with Crippen LogP contribution >= 0.6 is 0 Å². The van der Waals surface area contributed by atoms with E-state index in [1.165, 1.54) is 19.3 Å². The highest BCUT2D eigenvalue weighted by atomic mass is 16.5. The second-order valence-corrected chi connectivity index (χ2v) is 6.18. The van der Waals surface area contributed by atoms with E-state index in [2.05, 4.69) is 15.0 Å². The molecule has 0 N–H and O–H groups in total. The quantitative estimate of drug-likeness (QED) is 0.725. The predicted molar refractivity (Wildman–Crippen MR) is 90.8 cm³/mol. The molecular formula is C18H20N4O2. The molecule has 3 aromatic heterocycles. The van der Waals surface area contributed by atoms with Crippen LogP contribution < -0.4 is 4.90 Å². The van der Waals surface area contributed by atoms with E-state index in [0.29, 0.717) is 11.5 Å². The van der Waals surface area contributed by atoms with Crippen LogP contribution in [0.4, 0.5) is 5.95 Å². The van der Waals surface area contributed by atoms with Crippen molar-refractivity contribution < 1.29 is 8.94 Å². The maximum Gasteiger partial charge on any atom is 0.226 e. The Kier molecular flexibility index (Phi) is 3.80. The summed E-state index contributed by atoms with van der Waals surface area (Å²) in [5.41, 5.74) is 3.42. The number of aromatic nitrogens is 3. The lowest BCUT2D eigenvalue weighted by molar-refractivity contribution is 0.426. The van der Waals surface area contributed by atoms with Crippen LogP contribution in [0.2, 0.25) is 0 Å². The minimum absolute atomic E-state index is 0.698. The summed E-state index contributed by atoms with van der Waals surface area (Å²) in [6.45, 7) is 5.91. The van der Waals surface area contributed by atoms with Gasteiger partial charge in [0, 0.05) is 24.8 Å². The van der Waals surface area contributed by atoms with E-state index in [4.69, 9.17) is 13.9 Å². The molecule has 6 heteroatoms. The summed E-state index contributed by atoms with van der Waals surface area (Å²) in [5.74, 6) is 2.15. The van der Waals surface area contributed by atoms with Crippen molar-refractivity contribution in [2.45, 2.75) is 33.1 Å². The summed E-state index contributed by atoms with van der Waals surface area (Å²) >= 11 is 0. The maximum absolute atomic E-state index is 5.60. The van der Waals surface area contributed by atoms with Gasteiger partial charge in [0.1, 0.15) is 5.69 Å². The summed E-state index contributed by atoms with van der Waals surface area (Å²) in [4.78, 5) is 11.6. The molecule has 0 amide bonds. The van der Waals surface area contributed by atoms with Crippen LogP contribution in [0.15, 0.2) is 33.5 Å². The minimum Gasteiger partial charge on any atom is -0.463 e. The molecule has 4 heterocycles. The van der Waals surface area contributed by atoms with Crippen LogP contribution in [0.1, 0.15) is 30.5 Å². The molecular weight excluding hydrogens is 304 g/mol. The zero-order valence-electron chi connectivity index (χ0n) is 14.0. The van der Waals surface area contributed by atoms with Gasteiger partial charge in [-0.05, 0) is 45.2 Å². The van der Waals surface area contributed by atoms with E-state index in [1.807, 2.05) is 32.2 Å². The number of furan rings is 1. The molecule has 124 valence electrons. The van der Waals surface area contributed by atoms with Gasteiger partial charge in [-0.2, -0.15) is 0 Å². The summed E-state index contributed by atoms with van der Waals surface area (Å²) in [5, 5.41) is 4.06. The lowest BCUT2D eigenvalue weighted by Crippen LogP contribution is -2.31. The highest BCUT2D eigenvalue weighted by molar-refractivity contribution is 5.77. The number of hydrogen-bond donors (Lipinski definition) is 0. The van der Waals surface area contributed by atoms with Crippen molar-refractivity contribution in [3.63, 3.8) is 0 Å². The molecule has 0 unspecified atom stereocenters. The van der Waals surface area contributed by atoms with E-state index >= 15 is 0 Å². The lowest BCUT2D eigenvalue weighted by atomic mass is 10.1. The molecule has 0 bridgehead atoms. The van der Waals surface area contributed by atoms with Gasteiger partial charge in [-0.15, -0.1) is 0 Å². The third kappa shape index (κ3) is 2.58. The van der Waals surface area contributed by atoms with Crippen LogP contribution in [-0.4, -0.2) is 28.2 Å². The zero-order valence-corrected chi connectivity index (χ0v) is 14.0. The first-order valence-corrected chi connectivity index (χ1v) is 8.33. The second kappa shape index (κ2) is 6.11. The molecule has 0 spiro atoms. The lowest BCUT2D eigenvalue weighted by Gasteiger charge is -2.26. The molecule has 1 saturated heterocycles. The molecule has 1 fully saturated rings. The topological polar surface area (TPSA) is 68.2 Å². The first kappa shape index (κ1) is 14.9. The van der Waals surface area contributed by atoms with E-state index in [1.54, 1.807) is 6.26 Å². The Hall–Kier alpha value is -2.63. The van der Waals surface area contributed by atoms with Gasteiger partial charge in [-0.3, -0.25) is 0 Å². The number of hydrogen-bond acceptors (Lipinski definition) is 6. The fraction of sp³-hybridized carbons (Fsp3) is 0.389. The Morgan fingerprint density at radius 1 is 1.12 bits per heavy atom. The summed E-state index contributed by atoms with van der Waals surface area (Å²) in [6.07, 6.45) is 7.11. The first-order valence-electron chi connectivity index (χ1n) is 8.33. The van der Waals surface area contributed by atoms with E-state index in [-0.39, 0.29) is 0 Å². The second-order valence-electron chi connectivity index (χ2n) is 6.18. The van der Waals surface area contributed by atoms with Gasteiger partial charge in [-0.25, -0.2) is 9.97 Å². The summed E-state index contributed by atoms with van der Waals surface area (Å²) in [6, 6.07) is 3.77. The van der Waals surface area contributed by atoms with Crippen molar-refractivity contribution in [3.05, 3.63) is 35.9 Å². The number of nitrogens with zero attached hydrogens (tertiary/aromatic N) is 4. The molecule has 1 aliphatic heterocycles. The van der Waals surface area contributed by atoms with Crippen molar-refractivity contribution in [2.24, 2.45) is 0 Å². The standard InChI is InChI=1S/C18H20N4O2/c1-12-13(2)21-24-17(12)14-11-19-18(22-8-4-3-5-9-22)20-16(14)15-7-6-10-23-15/h6-7,10-11H,3-5,8-9H2,1-2H3. The number of piperidine rings is 1. The van der Waals surface area contributed by atoms with Crippen LogP contribution in [-0.2, 0) is 0 Å². The Balaban J connectivity index is 1.83. The molecule has 0 atom stereocenters. The highest BCUT2D eigenvalue weighted by Gasteiger charge is 2.22. The largest absolute Gasteiger partial charge is 0.463 e. The van der Waals surface area contributed by atoms with Gasteiger partial charge in [0.05, 0.1) is 17.5 Å². The van der Waals surface area contributed by atoms with Gasteiger partial charge in [-0.1, -0.05) is 5.16 Å². The molecule has 0 aliphatic carbocycles. The van der Waals surface area contributed by atoms with Crippen molar-refractivity contribution in [3.8, 4) is 22.8 Å². The molecule has 6 nitrogen and oxygen atoms in total. The SMILES string of the molecule is Cc1noc(-c2cnc(N3CCCCC3)nc2-c2ccco2)c1C. The van der Waals surface area contributed by atoms with Crippen LogP contribution in [0.3, 0.4) is 0 Å². The Morgan fingerprint density at radius 3 is 2.62 bits per heavy atom. The Morgan fingerprint density at radius 2 is 1.96 bits per heavy atom. The monoisotopic (exact) mass is 324 g/mol. The summed E-state index contributed by atoms with van der Waals surface area (Å²) < 4.78 is 11.1. The van der Waals surface area contributed by atoms with Crippen molar-refractivity contribution >= 4 is 5.95 Å². The van der Waals surface area contributed by atoms with Gasteiger partial charge < -0.3 is 13.8 Å². The van der Waals surface area contributed by atoms with Crippen molar-refractivity contribution in [1.82, 2.24) is 15.1 Å². The Labute approximate surface area is 140 Å². The van der Waals surface area contributed by atoms with E-state index in [9.17, 15) is 0 Å². The van der Waals surface area contributed by atoms with Gasteiger partial charge in [0.2, 0.25) is 5.95 Å². The van der Waals surface area contributed by atoms with Gasteiger partial charge in [0.15, 0.2) is 11.5 Å². The smallest absolute Gasteiger partial charge is 0.226 e. The normalized spacial score (nSPS) is 15.0. The number of rotatable bonds is 3. The average molecular weight is 324 g/mol. The van der Waals surface area contributed by atoms with Crippen LogP contribution in [0.5, 0.6) is 0 Å². The fourth-order valence-corrected chi connectivity index (χ4v) is 3.05. The fourth-order valence-electron chi connectivity index (χ4n) is 3.05. The third-order valence-electron chi connectivity index (χ3n) is 4.57. The number of aryl methyl sites for hydroxylation is 1. The van der Waals surface area contributed by atoms with Crippen molar-refractivity contribution in [1.29, 1.82) is 0 Å². The molecule has 0 radical (unpaired) electrons. The van der Waals surface area contributed by atoms with Crippen LogP contribution in [0, 0.1) is 13.8 Å². The zero-order chi connectivity index (χ0) is 16.5. The first-order chi connectivity index (χ1) is 11.7. The van der Waals surface area contributed by atoms with Gasteiger partial charge >= 0.3 is 0 Å². The Bertz CT molecular complexity index is 833. The molecule has 0 aromatic carbocycles. The molecule has 24 heavy (non-hydrogen) atoms. The average Bonchev–Trinajstić information content (AvgIpc) is 3.27. The summed E-state index contributed by atoms with van der Waals surface area (Å²) in [7, 11) is 0. The van der Waals surface area contributed by atoms with Gasteiger partial charge in [0.25, 0.3) is 0 Å². The van der Waals surface area contributed by atoms with E-state index < -0.39 is 0 Å². The molecule has 3 aromatic rings. The van der Waals surface area contributed by atoms with Crippen molar-refractivity contribution in [2.75, 3.05) is 18.0 Å². The molecule has 4 rings (SSSR count). The van der Waals surface area contributed by atoms with E-state index in [0.717, 1.165) is 41.6 Å². The molecule has 1 aliphatic rings. The molecule has 0 saturated carbocycles. The highest BCUT2D eigenvalue weighted by Crippen LogP contribution is 2.34. The minimum atomic E-state index is 0.698. The third-order valence-corrected chi connectivity index (χ3v) is 4.57. The predicted octanol–water partition coefficient (Wildman–Crippen LogP) is 4.00. The number of anilines is 1. The van der Waals surface area contributed by atoms with Crippen LogP contribution in [0.25, 0.3) is 22.8 Å².